The summed E-state index contributed by atoms with van der Waals surface area (Å²) in [6.45, 7) is 1.83. The van der Waals surface area contributed by atoms with E-state index in [0.29, 0.717) is 17.1 Å². The third-order valence-corrected chi connectivity index (χ3v) is 3.77. The monoisotopic (exact) mass is 356 g/mol. The van der Waals surface area contributed by atoms with Gasteiger partial charge in [0.1, 0.15) is 11.5 Å². The highest BCUT2D eigenvalue weighted by Crippen LogP contribution is 2.29. The number of nitro benzene ring substituents is 1. The Bertz CT molecular complexity index is 832. The summed E-state index contributed by atoms with van der Waals surface area (Å²) in [7, 11) is 3.12. The highest BCUT2D eigenvalue weighted by atomic mass is 16.6. The van der Waals surface area contributed by atoms with Crippen LogP contribution in [0.5, 0.6) is 11.5 Å². The van der Waals surface area contributed by atoms with Gasteiger partial charge in [-0.15, -0.1) is 0 Å². The molecule has 1 N–H and O–H groups in total. The summed E-state index contributed by atoms with van der Waals surface area (Å²) >= 11 is 0. The third-order valence-electron chi connectivity index (χ3n) is 3.77. The zero-order valence-electron chi connectivity index (χ0n) is 14.8. The molecular formula is C19H20N2O5. The molecule has 26 heavy (non-hydrogen) atoms. The smallest absolute Gasteiger partial charge is 0.270 e. The second-order valence-electron chi connectivity index (χ2n) is 5.52. The molecule has 0 aliphatic heterocycles. The van der Waals surface area contributed by atoms with Crippen LogP contribution in [0.25, 0.3) is 6.08 Å². The first-order valence-electron chi connectivity index (χ1n) is 7.89. The van der Waals surface area contributed by atoms with Crippen LogP contribution in [0.15, 0.2) is 48.5 Å². The van der Waals surface area contributed by atoms with Crippen molar-refractivity contribution in [3.8, 4) is 11.5 Å². The Balaban J connectivity index is 2.10. The number of non-ortho nitro benzene ring substituents is 1. The van der Waals surface area contributed by atoms with Gasteiger partial charge in [0.25, 0.3) is 5.69 Å². The molecule has 1 atom stereocenters. The van der Waals surface area contributed by atoms with Crippen molar-refractivity contribution >= 4 is 17.7 Å². The Morgan fingerprint density at radius 2 is 1.96 bits per heavy atom. The molecule has 136 valence electrons. The maximum Gasteiger partial charge on any atom is 0.270 e. The molecule has 1 unspecified atom stereocenters. The standard InChI is InChI=1S/C19H20N2O5/c1-13(17-12-16(25-2)8-9-18(17)26-3)20-19(22)10-7-14-5-4-6-15(11-14)21(23)24/h4-13H,1-3H3,(H,20,22)/b10-7+. The van der Waals surface area contributed by atoms with E-state index in [0.717, 1.165) is 5.56 Å². The van der Waals surface area contributed by atoms with Crippen LogP contribution in [0.1, 0.15) is 24.1 Å². The Morgan fingerprint density at radius 1 is 1.19 bits per heavy atom. The van der Waals surface area contributed by atoms with Crippen LogP contribution in [0.4, 0.5) is 5.69 Å². The molecule has 0 bridgehead atoms. The van der Waals surface area contributed by atoms with E-state index in [1.165, 1.54) is 24.3 Å². The fourth-order valence-electron chi connectivity index (χ4n) is 2.43. The fourth-order valence-corrected chi connectivity index (χ4v) is 2.43. The van der Waals surface area contributed by atoms with Gasteiger partial charge >= 0.3 is 0 Å². The molecule has 2 aromatic rings. The quantitative estimate of drug-likeness (QED) is 0.466. The molecule has 2 aromatic carbocycles. The lowest BCUT2D eigenvalue weighted by molar-refractivity contribution is -0.384. The zero-order valence-corrected chi connectivity index (χ0v) is 14.8. The fraction of sp³-hybridized carbons (Fsp3) is 0.211. The van der Waals surface area contributed by atoms with Crippen LogP contribution in [-0.2, 0) is 4.79 Å². The van der Waals surface area contributed by atoms with Crippen LogP contribution in [-0.4, -0.2) is 25.1 Å². The summed E-state index contributed by atoms with van der Waals surface area (Å²) in [5.41, 5.74) is 1.33. The van der Waals surface area contributed by atoms with Gasteiger partial charge < -0.3 is 14.8 Å². The van der Waals surface area contributed by atoms with E-state index in [1.807, 2.05) is 6.92 Å². The number of nitrogens with one attached hydrogen (secondary N) is 1. The lowest BCUT2D eigenvalue weighted by Crippen LogP contribution is -2.25. The summed E-state index contributed by atoms with van der Waals surface area (Å²) in [6.07, 6.45) is 2.86. The first-order valence-corrected chi connectivity index (χ1v) is 7.89. The Hall–Kier alpha value is -3.35. The Morgan fingerprint density at radius 3 is 2.62 bits per heavy atom. The van der Waals surface area contributed by atoms with Crippen molar-refractivity contribution in [2.75, 3.05) is 14.2 Å². The van der Waals surface area contributed by atoms with Crippen molar-refractivity contribution in [3.05, 3.63) is 69.8 Å². The van der Waals surface area contributed by atoms with E-state index in [9.17, 15) is 14.9 Å². The lowest BCUT2D eigenvalue weighted by Gasteiger charge is -2.17. The summed E-state index contributed by atoms with van der Waals surface area (Å²) in [5.74, 6) is 0.976. The first kappa shape index (κ1) is 19.0. The van der Waals surface area contributed by atoms with Gasteiger partial charge in [-0.2, -0.15) is 0 Å². The molecule has 0 spiro atoms. The normalized spacial score (nSPS) is 11.8. The number of hydrogen-bond donors (Lipinski definition) is 1. The van der Waals surface area contributed by atoms with Crippen LogP contribution in [0, 0.1) is 10.1 Å². The largest absolute Gasteiger partial charge is 0.497 e. The number of benzene rings is 2. The number of nitro groups is 1. The van der Waals surface area contributed by atoms with Crippen molar-refractivity contribution in [1.82, 2.24) is 5.32 Å². The average molecular weight is 356 g/mol. The predicted octanol–water partition coefficient (Wildman–Crippen LogP) is 3.50. The van der Waals surface area contributed by atoms with Gasteiger partial charge in [-0.25, -0.2) is 0 Å². The molecule has 0 radical (unpaired) electrons. The van der Waals surface area contributed by atoms with Crippen LogP contribution in [0.3, 0.4) is 0 Å². The predicted molar refractivity (Wildman–Crippen MR) is 98.2 cm³/mol. The summed E-state index contributed by atoms with van der Waals surface area (Å²) in [4.78, 5) is 22.5. The lowest BCUT2D eigenvalue weighted by atomic mass is 10.1. The third kappa shape index (κ3) is 4.83. The molecule has 0 aliphatic rings. The Kier molecular flexibility index (Phi) is 6.32. The van der Waals surface area contributed by atoms with Crippen LogP contribution in [0.2, 0.25) is 0 Å². The molecule has 0 saturated carbocycles. The minimum Gasteiger partial charge on any atom is -0.497 e. The highest BCUT2D eigenvalue weighted by Gasteiger charge is 2.14. The topological polar surface area (TPSA) is 90.7 Å². The van der Waals surface area contributed by atoms with Gasteiger partial charge in [0.05, 0.1) is 25.2 Å². The molecule has 7 heteroatoms. The van der Waals surface area contributed by atoms with Crippen LogP contribution >= 0.6 is 0 Å². The molecule has 0 fully saturated rings. The van der Waals surface area contributed by atoms with Gasteiger partial charge in [0.15, 0.2) is 0 Å². The number of carbonyl (C=O) groups is 1. The van der Waals surface area contributed by atoms with Gasteiger partial charge in [-0.05, 0) is 36.8 Å². The number of amides is 1. The molecule has 0 heterocycles. The summed E-state index contributed by atoms with van der Waals surface area (Å²) in [5, 5.41) is 13.6. The average Bonchev–Trinajstić information content (AvgIpc) is 2.65. The van der Waals surface area contributed by atoms with E-state index < -0.39 is 4.92 Å². The van der Waals surface area contributed by atoms with Crippen molar-refractivity contribution in [3.63, 3.8) is 0 Å². The highest BCUT2D eigenvalue weighted by molar-refractivity contribution is 5.92. The van der Waals surface area contributed by atoms with E-state index in [2.05, 4.69) is 5.32 Å². The molecule has 1 amide bonds. The maximum atomic E-state index is 12.2. The molecular weight excluding hydrogens is 336 g/mol. The Labute approximate surface area is 151 Å². The number of carbonyl (C=O) groups excluding carboxylic acids is 1. The summed E-state index contributed by atoms with van der Waals surface area (Å²) in [6, 6.07) is 11.1. The minimum absolute atomic E-state index is 0.0259. The maximum absolute atomic E-state index is 12.2. The van der Waals surface area contributed by atoms with Crippen LogP contribution < -0.4 is 14.8 Å². The van der Waals surface area contributed by atoms with Gasteiger partial charge in [0, 0.05) is 23.8 Å². The van der Waals surface area contributed by atoms with Crippen molar-refractivity contribution < 1.29 is 19.2 Å². The number of ether oxygens (including phenoxy) is 2. The van der Waals surface area contributed by atoms with E-state index in [4.69, 9.17) is 9.47 Å². The zero-order chi connectivity index (χ0) is 19.1. The van der Waals surface area contributed by atoms with Gasteiger partial charge in [0.2, 0.25) is 5.91 Å². The van der Waals surface area contributed by atoms with Gasteiger partial charge in [-0.3, -0.25) is 14.9 Å². The van der Waals surface area contributed by atoms with E-state index in [-0.39, 0.29) is 17.6 Å². The second kappa shape index (κ2) is 8.66. The minimum atomic E-state index is -0.478. The van der Waals surface area contributed by atoms with Crippen molar-refractivity contribution in [1.29, 1.82) is 0 Å². The SMILES string of the molecule is COc1ccc(OC)c(C(C)NC(=O)/C=C/c2cccc([N+](=O)[O-])c2)c1. The molecule has 7 nitrogen and oxygen atoms in total. The number of nitrogens with zero attached hydrogens (tertiary/aromatic N) is 1. The molecule has 0 saturated heterocycles. The van der Waals surface area contributed by atoms with Gasteiger partial charge in [-0.1, -0.05) is 12.1 Å². The number of methoxy groups -OCH3 is 2. The molecule has 0 aliphatic carbocycles. The number of rotatable bonds is 7. The first-order chi connectivity index (χ1) is 12.4. The van der Waals surface area contributed by atoms with E-state index in [1.54, 1.807) is 44.6 Å². The second-order valence-corrected chi connectivity index (χ2v) is 5.52. The molecule has 0 aromatic heterocycles. The summed E-state index contributed by atoms with van der Waals surface area (Å²) < 4.78 is 10.5. The van der Waals surface area contributed by atoms with Crippen molar-refractivity contribution in [2.45, 2.75) is 13.0 Å². The molecule has 2 rings (SSSR count). The number of hydrogen-bond acceptors (Lipinski definition) is 5. The van der Waals surface area contributed by atoms with Crippen molar-refractivity contribution in [2.24, 2.45) is 0 Å². The van der Waals surface area contributed by atoms with E-state index >= 15 is 0 Å².